The van der Waals surface area contributed by atoms with Crippen LogP contribution in [-0.2, 0) is 4.79 Å². The number of rotatable bonds is 6. The summed E-state index contributed by atoms with van der Waals surface area (Å²) in [5.74, 6) is -3.52. The number of hydrogen-bond donors (Lipinski definition) is 2. The monoisotopic (exact) mass is 558 g/mol. The predicted molar refractivity (Wildman–Crippen MR) is 141 cm³/mol. The van der Waals surface area contributed by atoms with Gasteiger partial charge in [-0.1, -0.05) is 42.5 Å². The number of hydrogen-bond acceptors (Lipinski definition) is 4. The molecule has 1 aliphatic carbocycles. The third-order valence-electron chi connectivity index (χ3n) is 6.83. The minimum absolute atomic E-state index is 0.0209. The van der Waals surface area contributed by atoms with Crippen LogP contribution in [0.2, 0.25) is 10.2 Å². The number of carboxylic acids is 1. The van der Waals surface area contributed by atoms with Crippen LogP contribution in [0, 0.1) is 17.6 Å². The molecule has 2 heterocycles. The Balaban J connectivity index is 1.67. The second-order valence-corrected chi connectivity index (χ2v) is 10.1. The highest BCUT2D eigenvalue weighted by Gasteiger charge is 2.35. The molecule has 0 bridgehead atoms. The number of carbonyl (C=O) groups excluding carboxylic acids is 1. The molecule has 0 aliphatic heterocycles. The SMILES string of the molecule is O=C(O)c1ccc(NC(=O)C(C2CCCCC2)n2c(-c3ccc(Cl)nc3)nc3cc(F)c(F)cc32)c(Cl)c1. The number of aromatic carboxylic acids is 1. The smallest absolute Gasteiger partial charge is 0.335 e. The van der Waals surface area contributed by atoms with E-state index in [0.717, 1.165) is 44.2 Å². The van der Waals surface area contributed by atoms with Gasteiger partial charge in [-0.2, -0.15) is 0 Å². The largest absolute Gasteiger partial charge is 0.478 e. The van der Waals surface area contributed by atoms with Gasteiger partial charge in [-0.25, -0.2) is 23.5 Å². The number of carboxylic acid groups (broad SMARTS) is 1. The quantitative estimate of drug-likeness (QED) is 0.245. The number of benzene rings is 2. The summed E-state index contributed by atoms with van der Waals surface area (Å²) >= 11 is 12.3. The number of halogens is 4. The fourth-order valence-electron chi connectivity index (χ4n) is 5.03. The minimum Gasteiger partial charge on any atom is -0.478 e. The molecule has 4 aromatic rings. The van der Waals surface area contributed by atoms with Gasteiger partial charge in [-0.05, 0) is 49.1 Å². The van der Waals surface area contributed by atoms with Gasteiger partial charge in [0.25, 0.3) is 0 Å². The number of nitrogens with one attached hydrogen (secondary N) is 1. The van der Waals surface area contributed by atoms with E-state index in [0.29, 0.717) is 11.4 Å². The molecule has 1 saturated carbocycles. The third-order valence-corrected chi connectivity index (χ3v) is 7.37. The van der Waals surface area contributed by atoms with Crippen LogP contribution in [0.1, 0.15) is 48.5 Å². The highest BCUT2D eigenvalue weighted by molar-refractivity contribution is 6.34. The Morgan fingerprint density at radius 3 is 2.42 bits per heavy atom. The zero-order valence-corrected chi connectivity index (χ0v) is 21.4. The zero-order valence-electron chi connectivity index (χ0n) is 19.9. The van der Waals surface area contributed by atoms with Crippen LogP contribution in [0.4, 0.5) is 14.5 Å². The highest BCUT2D eigenvalue weighted by Crippen LogP contribution is 2.39. The molecule has 1 atom stereocenters. The van der Waals surface area contributed by atoms with Gasteiger partial charge in [0, 0.05) is 23.9 Å². The Hall–Kier alpha value is -3.56. The van der Waals surface area contributed by atoms with Gasteiger partial charge in [0.15, 0.2) is 11.6 Å². The van der Waals surface area contributed by atoms with E-state index >= 15 is 0 Å². The van der Waals surface area contributed by atoms with E-state index in [4.69, 9.17) is 23.2 Å². The standard InChI is InChI=1S/C27H22Cl2F2N4O3/c28-17-10-15(27(37)38)6-8-20(17)34-26(36)24(14-4-2-1-3-5-14)35-22-12-19(31)18(30)11-21(22)33-25(35)16-7-9-23(29)32-13-16/h6-14,24H,1-5H2,(H,34,36)(H,37,38). The maximum absolute atomic E-state index is 14.5. The second-order valence-electron chi connectivity index (χ2n) is 9.26. The van der Waals surface area contributed by atoms with Crippen molar-refractivity contribution in [1.82, 2.24) is 14.5 Å². The van der Waals surface area contributed by atoms with E-state index in [9.17, 15) is 23.5 Å². The van der Waals surface area contributed by atoms with Crippen molar-refractivity contribution in [1.29, 1.82) is 0 Å². The fraction of sp³-hybridized carbons (Fsp3) is 0.259. The van der Waals surface area contributed by atoms with E-state index in [1.54, 1.807) is 16.7 Å². The number of pyridine rings is 1. The molecular formula is C27H22Cl2F2N4O3. The number of anilines is 1. The van der Waals surface area contributed by atoms with Crippen molar-refractivity contribution in [3.63, 3.8) is 0 Å². The average Bonchev–Trinajstić information content (AvgIpc) is 3.24. The van der Waals surface area contributed by atoms with Crippen LogP contribution in [0.25, 0.3) is 22.4 Å². The summed E-state index contributed by atoms with van der Waals surface area (Å²) < 4.78 is 30.3. The van der Waals surface area contributed by atoms with Crippen molar-refractivity contribution >= 4 is 51.8 Å². The van der Waals surface area contributed by atoms with Gasteiger partial charge < -0.3 is 15.0 Å². The topological polar surface area (TPSA) is 97.1 Å². The second kappa shape index (κ2) is 10.7. The van der Waals surface area contributed by atoms with Crippen LogP contribution in [0.5, 0.6) is 0 Å². The minimum atomic E-state index is -1.15. The number of carbonyl (C=O) groups is 2. The van der Waals surface area contributed by atoms with Crippen molar-refractivity contribution in [2.24, 2.45) is 5.92 Å². The van der Waals surface area contributed by atoms with Gasteiger partial charge in [0.05, 0.1) is 27.3 Å². The van der Waals surface area contributed by atoms with E-state index in [1.807, 2.05) is 0 Å². The molecule has 38 heavy (non-hydrogen) atoms. The summed E-state index contributed by atoms with van der Waals surface area (Å²) in [6, 6.07) is 8.46. The van der Waals surface area contributed by atoms with Crippen LogP contribution in [-0.4, -0.2) is 31.5 Å². The molecule has 0 radical (unpaired) electrons. The van der Waals surface area contributed by atoms with Crippen LogP contribution >= 0.6 is 23.2 Å². The van der Waals surface area contributed by atoms with Gasteiger partial charge in [-0.3, -0.25) is 4.79 Å². The summed E-state index contributed by atoms with van der Waals surface area (Å²) in [5.41, 5.74) is 1.17. The van der Waals surface area contributed by atoms with Crippen molar-refractivity contribution in [2.45, 2.75) is 38.1 Å². The van der Waals surface area contributed by atoms with Crippen molar-refractivity contribution < 1.29 is 23.5 Å². The Morgan fingerprint density at radius 2 is 1.76 bits per heavy atom. The predicted octanol–water partition coefficient (Wildman–Crippen LogP) is 7.14. The third kappa shape index (κ3) is 5.08. The fourth-order valence-corrected chi connectivity index (χ4v) is 5.37. The van der Waals surface area contributed by atoms with Crippen molar-refractivity contribution in [2.75, 3.05) is 5.32 Å². The normalized spacial score (nSPS) is 14.9. The molecule has 2 aromatic carbocycles. The Kier molecular flexibility index (Phi) is 7.32. The van der Waals surface area contributed by atoms with Gasteiger partial charge >= 0.3 is 5.97 Å². The summed E-state index contributed by atoms with van der Waals surface area (Å²) in [6.07, 6.45) is 5.83. The first kappa shape index (κ1) is 26.1. The molecule has 7 nitrogen and oxygen atoms in total. The maximum Gasteiger partial charge on any atom is 0.335 e. The molecule has 1 aliphatic rings. The molecule has 5 rings (SSSR count). The first-order valence-electron chi connectivity index (χ1n) is 12.1. The van der Waals surface area contributed by atoms with E-state index in [2.05, 4.69) is 15.3 Å². The van der Waals surface area contributed by atoms with E-state index in [-0.39, 0.29) is 38.4 Å². The number of nitrogens with zero attached hydrogens (tertiary/aromatic N) is 3. The average molecular weight is 559 g/mol. The Bertz CT molecular complexity index is 1540. The summed E-state index contributed by atoms with van der Waals surface area (Å²) in [6.45, 7) is 0. The van der Waals surface area contributed by atoms with Crippen LogP contribution in [0.15, 0.2) is 48.7 Å². The van der Waals surface area contributed by atoms with Crippen LogP contribution in [0.3, 0.4) is 0 Å². The van der Waals surface area contributed by atoms with E-state index < -0.39 is 29.6 Å². The molecule has 0 saturated heterocycles. The lowest BCUT2D eigenvalue weighted by Gasteiger charge is -2.32. The number of aromatic nitrogens is 3. The molecule has 11 heteroatoms. The summed E-state index contributed by atoms with van der Waals surface area (Å²) in [7, 11) is 0. The summed E-state index contributed by atoms with van der Waals surface area (Å²) in [4.78, 5) is 34.0. The maximum atomic E-state index is 14.5. The van der Waals surface area contributed by atoms with Crippen molar-refractivity contribution in [3.8, 4) is 11.4 Å². The molecule has 1 fully saturated rings. The highest BCUT2D eigenvalue weighted by atomic mass is 35.5. The van der Waals surface area contributed by atoms with Crippen LogP contribution < -0.4 is 5.32 Å². The lowest BCUT2D eigenvalue weighted by atomic mass is 9.83. The van der Waals surface area contributed by atoms with Gasteiger partial charge in [-0.15, -0.1) is 0 Å². The molecule has 0 spiro atoms. The first-order chi connectivity index (χ1) is 18.2. The lowest BCUT2D eigenvalue weighted by Crippen LogP contribution is -2.33. The Morgan fingerprint density at radius 1 is 1.03 bits per heavy atom. The van der Waals surface area contributed by atoms with Crippen molar-refractivity contribution in [3.05, 3.63) is 76.0 Å². The summed E-state index contributed by atoms with van der Waals surface area (Å²) in [5, 5.41) is 12.4. The lowest BCUT2D eigenvalue weighted by molar-refractivity contribution is -0.121. The molecule has 196 valence electrons. The molecule has 2 aromatic heterocycles. The number of fused-ring (bicyclic) bond motifs is 1. The van der Waals surface area contributed by atoms with Gasteiger partial charge in [0.2, 0.25) is 5.91 Å². The first-order valence-corrected chi connectivity index (χ1v) is 12.8. The zero-order chi connectivity index (χ0) is 27.0. The Labute approximate surface area is 226 Å². The molecule has 1 unspecified atom stereocenters. The van der Waals surface area contributed by atoms with E-state index in [1.165, 1.54) is 24.4 Å². The molecular weight excluding hydrogens is 537 g/mol. The number of imidazole rings is 1. The number of amides is 1. The molecule has 2 N–H and O–H groups in total. The molecule has 1 amide bonds. The van der Waals surface area contributed by atoms with Gasteiger partial charge in [0.1, 0.15) is 17.0 Å².